The zero-order valence-electron chi connectivity index (χ0n) is 15.4. The number of nitrogens with one attached hydrogen (secondary N) is 1. The summed E-state index contributed by atoms with van der Waals surface area (Å²) in [5, 5.41) is 2.89. The highest BCUT2D eigenvalue weighted by molar-refractivity contribution is 5.94. The van der Waals surface area contributed by atoms with Crippen LogP contribution in [0, 0.1) is 25.6 Å². The number of likely N-dealkylation sites (tertiary alicyclic amines) is 1. The van der Waals surface area contributed by atoms with E-state index in [4.69, 9.17) is 0 Å². The van der Waals surface area contributed by atoms with Crippen LogP contribution < -0.4 is 5.32 Å². The van der Waals surface area contributed by atoms with Crippen molar-refractivity contribution in [1.82, 2.24) is 19.8 Å². The van der Waals surface area contributed by atoms with E-state index in [1.807, 2.05) is 17.8 Å². The molecule has 2 amide bonds. The fraction of sp³-hybridized carbons (Fsp3) is 0.421. The number of hydrogen-bond donors (Lipinski definition) is 1. The number of aromatic nitrogens is 2. The number of benzene rings is 1. The molecule has 1 aromatic carbocycles. The average molecular weight is 358 g/mol. The molecule has 0 radical (unpaired) electrons. The second-order valence-electron chi connectivity index (χ2n) is 6.94. The lowest BCUT2D eigenvalue weighted by Gasteiger charge is -2.24. The van der Waals surface area contributed by atoms with Crippen molar-refractivity contribution >= 4 is 11.8 Å². The van der Waals surface area contributed by atoms with Crippen LogP contribution in [-0.2, 0) is 11.8 Å². The number of aryl methyl sites for hydroxylation is 3. The third-order valence-electron chi connectivity index (χ3n) is 5.04. The van der Waals surface area contributed by atoms with Crippen molar-refractivity contribution in [3.63, 3.8) is 0 Å². The van der Waals surface area contributed by atoms with Gasteiger partial charge in [-0.1, -0.05) is 0 Å². The van der Waals surface area contributed by atoms with E-state index in [2.05, 4.69) is 10.3 Å². The molecule has 3 rings (SSSR count). The summed E-state index contributed by atoms with van der Waals surface area (Å²) in [5.74, 6) is 0.202. The molecule has 2 heterocycles. The van der Waals surface area contributed by atoms with Crippen LogP contribution in [-0.4, -0.2) is 39.9 Å². The first kappa shape index (κ1) is 18.1. The summed E-state index contributed by atoms with van der Waals surface area (Å²) in [6, 6.07) is 2.90. The van der Waals surface area contributed by atoms with Crippen LogP contribution in [0.15, 0.2) is 24.5 Å². The largest absolute Gasteiger partial charge is 0.352 e. The van der Waals surface area contributed by atoms with Crippen molar-refractivity contribution in [2.75, 3.05) is 13.6 Å². The van der Waals surface area contributed by atoms with E-state index < -0.39 is 0 Å². The summed E-state index contributed by atoms with van der Waals surface area (Å²) in [4.78, 5) is 30.7. The van der Waals surface area contributed by atoms with Crippen molar-refractivity contribution in [2.24, 2.45) is 13.0 Å². The quantitative estimate of drug-likeness (QED) is 0.910. The lowest BCUT2D eigenvalue weighted by Crippen LogP contribution is -2.33. The Labute approximate surface area is 152 Å². The summed E-state index contributed by atoms with van der Waals surface area (Å²) < 4.78 is 15.6. The molecule has 1 aromatic heterocycles. The zero-order valence-corrected chi connectivity index (χ0v) is 15.4. The third-order valence-corrected chi connectivity index (χ3v) is 5.04. The first-order valence-electron chi connectivity index (χ1n) is 8.57. The molecular weight excluding hydrogens is 335 g/mol. The Balaban J connectivity index is 1.75. The molecule has 2 aromatic rings. The molecule has 138 valence electrons. The summed E-state index contributed by atoms with van der Waals surface area (Å²) >= 11 is 0. The number of nitrogens with zero attached hydrogens (tertiary/aromatic N) is 3. The van der Waals surface area contributed by atoms with Gasteiger partial charge in [-0.05, 0) is 37.1 Å². The molecule has 0 saturated carbocycles. The van der Waals surface area contributed by atoms with Crippen molar-refractivity contribution < 1.29 is 14.0 Å². The summed E-state index contributed by atoms with van der Waals surface area (Å²) in [7, 11) is 3.65. The molecule has 6 nitrogen and oxygen atoms in total. The van der Waals surface area contributed by atoms with E-state index in [0.29, 0.717) is 29.7 Å². The van der Waals surface area contributed by atoms with Crippen LogP contribution in [0.4, 0.5) is 4.39 Å². The minimum atomic E-state index is -0.292. The van der Waals surface area contributed by atoms with Gasteiger partial charge in [-0.3, -0.25) is 9.59 Å². The second-order valence-corrected chi connectivity index (χ2v) is 6.94. The Morgan fingerprint density at radius 1 is 1.31 bits per heavy atom. The Morgan fingerprint density at radius 3 is 2.54 bits per heavy atom. The van der Waals surface area contributed by atoms with Crippen molar-refractivity contribution in [1.29, 1.82) is 0 Å². The number of hydrogen-bond acceptors (Lipinski definition) is 3. The van der Waals surface area contributed by atoms with Gasteiger partial charge in [-0.25, -0.2) is 9.37 Å². The van der Waals surface area contributed by atoms with Crippen LogP contribution >= 0.6 is 0 Å². The molecule has 26 heavy (non-hydrogen) atoms. The molecule has 1 N–H and O–H groups in total. The van der Waals surface area contributed by atoms with E-state index in [1.165, 1.54) is 0 Å². The highest BCUT2D eigenvalue weighted by Crippen LogP contribution is 2.35. The van der Waals surface area contributed by atoms with Crippen molar-refractivity contribution in [3.05, 3.63) is 52.9 Å². The van der Waals surface area contributed by atoms with Gasteiger partial charge in [0.25, 0.3) is 5.91 Å². The van der Waals surface area contributed by atoms with Crippen molar-refractivity contribution in [3.8, 4) is 0 Å². The van der Waals surface area contributed by atoms with Gasteiger partial charge >= 0.3 is 0 Å². The highest BCUT2D eigenvalue weighted by Gasteiger charge is 2.40. The van der Waals surface area contributed by atoms with Crippen LogP contribution in [0.1, 0.15) is 39.8 Å². The van der Waals surface area contributed by atoms with Crippen LogP contribution in [0.25, 0.3) is 0 Å². The Bertz CT molecular complexity index is 838. The van der Waals surface area contributed by atoms with E-state index in [1.54, 1.807) is 44.1 Å². The second kappa shape index (κ2) is 6.90. The third kappa shape index (κ3) is 3.21. The first-order valence-corrected chi connectivity index (χ1v) is 8.57. The van der Waals surface area contributed by atoms with Crippen molar-refractivity contribution in [2.45, 2.75) is 26.3 Å². The van der Waals surface area contributed by atoms with E-state index >= 15 is 0 Å². The molecule has 0 aliphatic carbocycles. The molecule has 2 atom stereocenters. The summed E-state index contributed by atoms with van der Waals surface area (Å²) in [6.45, 7) is 3.63. The van der Waals surface area contributed by atoms with Crippen LogP contribution in [0.3, 0.4) is 0 Å². The lowest BCUT2D eigenvalue weighted by atomic mass is 9.99. The monoisotopic (exact) mass is 358 g/mol. The molecule has 0 spiro atoms. The molecule has 1 fully saturated rings. The number of rotatable bonds is 4. The summed E-state index contributed by atoms with van der Waals surface area (Å²) in [6.07, 6.45) is 3.90. The summed E-state index contributed by atoms with van der Waals surface area (Å²) in [5.41, 5.74) is 1.31. The van der Waals surface area contributed by atoms with Gasteiger partial charge in [0.05, 0.1) is 6.04 Å². The van der Waals surface area contributed by atoms with Gasteiger partial charge in [0.1, 0.15) is 11.6 Å². The highest BCUT2D eigenvalue weighted by atomic mass is 19.1. The molecule has 0 unspecified atom stereocenters. The first-order chi connectivity index (χ1) is 12.3. The van der Waals surface area contributed by atoms with Gasteiger partial charge < -0.3 is 14.8 Å². The molecule has 1 saturated heterocycles. The van der Waals surface area contributed by atoms with E-state index in [-0.39, 0.29) is 29.6 Å². The molecule has 7 heteroatoms. The van der Waals surface area contributed by atoms with E-state index in [0.717, 1.165) is 5.82 Å². The molecule has 1 aliphatic rings. The van der Waals surface area contributed by atoms with Gasteiger partial charge in [0.2, 0.25) is 5.91 Å². The maximum atomic E-state index is 13.8. The minimum absolute atomic E-state index is 0.0331. The van der Waals surface area contributed by atoms with Crippen LogP contribution in [0.5, 0.6) is 0 Å². The zero-order chi connectivity index (χ0) is 19.0. The number of imidazole rings is 1. The topological polar surface area (TPSA) is 67.2 Å². The Kier molecular flexibility index (Phi) is 4.80. The Morgan fingerprint density at radius 2 is 1.96 bits per heavy atom. The van der Waals surface area contributed by atoms with Gasteiger partial charge in [-0.2, -0.15) is 0 Å². The standard InChI is InChI=1S/C19H23FN4O2/c1-11-7-13(8-12(2)16(11)20)19(26)22-10-14-9-15(25)24(4)17(14)18-21-5-6-23(18)3/h5-8,14,17H,9-10H2,1-4H3,(H,22,26)/t14-,17+/m0/s1. The minimum Gasteiger partial charge on any atom is -0.352 e. The predicted molar refractivity (Wildman–Crippen MR) is 95.0 cm³/mol. The van der Waals surface area contributed by atoms with Gasteiger partial charge in [0, 0.05) is 50.9 Å². The number of halogens is 1. The Hall–Kier alpha value is -2.70. The predicted octanol–water partition coefficient (Wildman–Crippen LogP) is 2.13. The fourth-order valence-corrected chi connectivity index (χ4v) is 3.58. The molecule has 1 aliphatic heterocycles. The van der Waals surface area contributed by atoms with Crippen LogP contribution in [0.2, 0.25) is 0 Å². The van der Waals surface area contributed by atoms with Gasteiger partial charge in [0.15, 0.2) is 0 Å². The molecule has 0 bridgehead atoms. The smallest absolute Gasteiger partial charge is 0.251 e. The molecular formula is C19H23FN4O2. The number of carbonyl (C=O) groups is 2. The normalized spacial score (nSPS) is 19.9. The van der Waals surface area contributed by atoms with Gasteiger partial charge in [-0.15, -0.1) is 0 Å². The SMILES string of the molecule is Cc1cc(C(=O)NC[C@@H]2CC(=O)N(C)[C@H]2c2nccn2C)cc(C)c1F. The number of amides is 2. The maximum Gasteiger partial charge on any atom is 0.251 e. The fourth-order valence-electron chi connectivity index (χ4n) is 3.58. The number of carbonyl (C=O) groups excluding carboxylic acids is 2. The lowest BCUT2D eigenvalue weighted by molar-refractivity contribution is -0.127. The maximum absolute atomic E-state index is 13.8. The average Bonchev–Trinajstić information content (AvgIpc) is 3.13. The van der Waals surface area contributed by atoms with E-state index in [9.17, 15) is 14.0 Å².